The van der Waals surface area contributed by atoms with Gasteiger partial charge in [-0.25, -0.2) is 9.59 Å². The third-order valence-electron chi connectivity index (χ3n) is 4.31. The van der Waals surface area contributed by atoms with E-state index >= 15 is 0 Å². The van der Waals surface area contributed by atoms with Crippen molar-refractivity contribution in [3.63, 3.8) is 0 Å². The Morgan fingerprint density at radius 1 is 1.09 bits per heavy atom. The Balaban J connectivity index is 1.99. The van der Waals surface area contributed by atoms with Crippen molar-refractivity contribution >= 4 is 11.9 Å². The largest absolute Gasteiger partial charge is 0.466 e. The van der Waals surface area contributed by atoms with Gasteiger partial charge in [0.1, 0.15) is 0 Å². The summed E-state index contributed by atoms with van der Waals surface area (Å²) in [4.78, 5) is 24.1. The van der Waals surface area contributed by atoms with Crippen molar-refractivity contribution in [2.75, 3.05) is 20.8 Å². The monoisotopic (exact) mass is 314 g/mol. The van der Waals surface area contributed by atoms with Crippen LogP contribution in [0.4, 0.5) is 0 Å². The van der Waals surface area contributed by atoms with E-state index in [-0.39, 0.29) is 29.8 Å². The van der Waals surface area contributed by atoms with Crippen LogP contribution in [0.1, 0.15) is 17.9 Å². The van der Waals surface area contributed by atoms with Gasteiger partial charge in [0.25, 0.3) is 0 Å². The first-order chi connectivity index (χ1) is 11.2. The summed E-state index contributed by atoms with van der Waals surface area (Å²) in [5, 5.41) is 0. The molecule has 120 valence electrons. The number of methoxy groups -OCH3 is 2. The van der Waals surface area contributed by atoms with E-state index in [0.29, 0.717) is 0 Å². The van der Waals surface area contributed by atoms with Gasteiger partial charge in [0.15, 0.2) is 0 Å². The minimum absolute atomic E-state index is 0.0441. The Bertz CT molecular complexity index is 687. The van der Waals surface area contributed by atoms with Crippen LogP contribution in [0.15, 0.2) is 53.1 Å². The van der Waals surface area contributed by atoms with Gasteiger partial charge in [-0.2, -0.15) is 0 Å². The number of benzene rings is 1. The first kappa shape index (κ1) is 15.5. The predicted octanol–water partition coefficient (Wildman–Crippen LogP) is 2.14. The highest BCUT2D eigenvalue weighted by atomic mass is 16.5. The molecule has 0 aromatic heterocycles. The molecule has 0 N–H and O–H groups in total. The third-order valence-corrected chi connectivity index (χ3v) is 4.31. The van der Waals surface area contributed by atoms with Crippen LogP contribution in [0.2, 0.25) is 0 Å². The SMILES string of the molecule is COC(=O)C1=C(C(=O)OC)C2=CCC(c3ccccc3)[C@H]2OC1. The molecule has 0 radical (unpaired) electrons. The fourth-order valence-corrected chi connectivity index (χ4v) is 3.22. The van der Waals surface area contributed by atoms with Crippen molar-refractivity contribution in [1.82, 2.24) is 0 Å². The van der Waals surface area contributed by atoms with E-state index < -0.39 is 11.9 Å². The minimum Gasteiger partial charge on any atom is -0.466 e. The second-order valence-electron chi connectivity index (χ2n) is 5.48. The molecule has 0 bridgehead atoms. The summed E-state index contributed by atoms with van der Waals surface area (Å²) in [5.41, 5.74) is 2.37. The first-order valence-corrected chi connectivity index (χ1v) is 7.44. The quantitative estimate of drug-likeness (QED) is 0.800. The van der Waals surface area contributed by atoms with Gasteiger partial charge in [-0.05, 0) is 17.6 Å². The Labute approximate surface area is 134 Å². The maximum atomic E-state index is 12.2. The van der Waals surface area contributed by atoms with Crippen LogP contribution in [0.5, 0.6) is 0 Å². The van der Waals surface area contributed by atoms with E-state index in [2.05, 4.69) is 0 Å². The molecule has 23 heavy (non-hydrogen) atoms. The van der Waals surface area contributed by atoms with Gasteiger partial charge in [-0.3, -0.25) is 0 Å². The van der Waals surface area contributed by atoms with Crippen molar-refractivity contribution in [3.8, 4) is 0 Å². The molecule has 1 aliphatic heterocycles. The number of carbonyl (C=O) groups is 2. The molecule has 0 saturated heterocycles. The Morgan fingerprint density at radius 2 is 1.78 bits per heavy atom. The summed E-state index contributed by atoms with van der Waals surface area (Å²) in [5.74, 6) is -0.961. The molecule has 0 amide bonds. The van der Waals surface area contributed by atoms with Crippen molar-refractivity contribution in [2.24, 2.45) is 0 Å². The maximum absolute atomic E-state index is 12.2. The predicted molar refractivity (Wildman–Crippen MR) is 82.7 cm³/mol. The molecule has 2 atom stereocenters. The van der Waals surface area contributed by atoms with Crippen molar-refractivity contribution in [3.05, 3.63) is 58.7 Å². The fraction of sp³-hybridized carbons (Fsp3) is 0.333. The summed E-state index contributed by atoms with van der Waals surface area (Å²) < 4.78 is 15.5. The molecule has 1 aliphatic carbocycles. The molecule has 1 aromatic carbocycles. The number of fused-ring (bicyclic) bond motifs is 1. The van der Waals surface area contributed by atoms with Crippen LogP contribution in [0.25, 0.3) is 0 Å². The van der Waals surface area contributed by atoms with Crippen LogP contribution >= 0.6 is 0 Å². The van der Waals surface area contributed by atoms with E-state index in [9.17, 15) is 9.59 Å². The van der Waals surface area contributed by atoms with Gasteiger partial charge in [0.05, 0.1) is 38.1 Å². The van der Waals surface area contributed by atoms with Crippen molar-refractivity contribution in [2.45, 2.75) is 18.4 Å². The van der Waals surface area contributed by atoms with Gasteiger partial charge in [-0.1, -0.05) is 36.4 Å². The summed E-state index contributed by atoms with van der Waals surface area (Å²) in [6.07, 6.45) is 2.45. The number of rotatable bonds is 3. The van der Waals surface area contributed by atoms with Crippen molar-refractivity contribution < 1.29 is 23.8 Å². The highest BCUT2D eigenvalue weighted by molar-refractivity contribution is 6.04. The lowest BCUT2D eigenvalue weighted by Gasteiger charge is -2.29. The molecule has 0 fully saturated rings. The van der Waals surface area contributed by atoms with E-state index in [1.165, 1.54) is 14.2 Å². The Hall–Kier alpha value is -2.40. The number of allylic oxidation sites excluding steroid dienone is 1. The normalized spacial score (nSPS) is 23.1. The van der Waals surface area contributed by atoms with Gasteiger partial charge < -0.3 is 14.2 Å². The topological polar surface area (TPSA) is 61.8 Å². The van der Waals surface area contributed by atoms with Crippen LogP contribution < -0.4 is 0 Å². The lowest BCUT2D eigenvalue weighted by atomic mass is 9.88. The molecule has 1 heterocycles. The van der Waals surface area contributed by atoms with E-state index in [1.807, 2.05) is 36.4 Å². The Kier molecular flexibility index (Phi) is 4.30. The zero-order valence-electron chi connectivity index (χ0n) is 13.1. The summed E-state index contributed by atoms with van der Waals surface area (Å²) in [6.45, 7) is 0.0441. The highest BCUT2D eigenvalue weighted by Crippen LogP contribution is 2.43. The second-order valence-corrected chi connectivity index (χ2v) is 5.48. The molecule has 5 heteroatoms. The number of hydrogen-bond donors (Lipinski definition) is 0. The van der Waals surface area contributed by atoms with Gasteiger partial charge >= 0.3 is 11.9 Å². The molecule has 0 spiro atoms. The van der Waals surface area contributed by atoms with Gasteiger partial charge in [0, 0.05) is 5.92 Å². The molecule has 0 saturated carbocycles. The second kappa shape index (κ2) is 6.38. The number of carbonyl (C=O) groups excluding carboxylic acids is 2. The lowest BCUT2D eigenvalue weighted by molar-refractivity contribution is -0.140. The van der Waals surface area contributed by atoms with Crippen molar-refractivity contribution in [1.29, 1.82) is 0 Å². The maximum Gasteiger partial charge on any atom is 0.338 e. The van der Waals surface area contributed by atoms with E-state index in [1.54, 1.807) is 0 Å². The smallest absolute Gasteiger partial charge is 0.338 e. The molecule has 1 unspecified atom stereocenters. The average Bonchev–Trinajstić information content (AvgIpc) is 3.04. The summed E-state index contributed by atoms with van der Waals surface area (Å²) in [7, 11) is 2.59. The number of hydrogen-bond acceptors (Lipinski definition) is 5. The summed E-state index contributed by atoms with van der Waals surface area (Å²) in [6, 6.07) is 10.0. The van der Waals surface area contributed by atoms with Crippen LogP contribution in [-0.4, -0.2) is 38.9 Å². The average molecular weight is 314 g/mol. The molecular weight excluding hydrogens is 296 g/mol. The highest BCUT2D eigenvalue weighted by Gasteiger charge is 2.41. The number of esters is 2. The minimum atomic E-state index is -0.562. The third kappa shape index (κ3) is 2.68. The zero-order chi connectivity index (χ0) is 16.4. The van der Waals surface area contributed by atoms with E-state index in [0.717, 1.165) is 17.6 Å². The Morgan fingerprint density at radius 3 is 2.43 bits per heavy atom. The van der Waals surface area contributed by atoms with Gasteiger partial charge in [0.2, 0.25) is 0 Å². The molecule has 2 aliphatic rings. The fourth-order valence-electron chi connectivity index (χ4n) is 3.22. The zero-order valence-corrected chi connectivity index (χ0v) is 13.1. The first-order valence-electron chi connectivity index (χ1n) is 7.44. The van der Waals surface area contributed by atoms with Crippen LogP contribution in [0.3, 0.4) is 0 Å². The lowest BCUT2D eigenvalue weighted by Crippen LogP contribution is -2.32. The standard InChI is InChI=1S/C18H18O5/c1-21-17(19)14-10-23-16-12(11-6-4-3-5-7-11)8-9-13(16)15(14)18(20)22-2/h3-7,9,12,16H,8,10H2,1-2H3/t12?,16-/m1/s1. The summed E-state index contributed by atoms with van der Waals surface area (Å²) >= 11 is 0. The van der Waals surface area contributed by atoms with Crippen LogP contribution in [0, 0.1) is 0 Å². The van der Waals surface area contributed by atoms with E-state index in [4.69, 9.17) is 14.2 Å². The van der Waals surface area contributed by atoms with Gasteiger partial charge in [-0.15, -0.1) is 0 Å². The molecule has 3 rings (SSSR count). The molecule has 1 aromatic rings. The number of ether oxygens (including phenoxy) is 3. The molecule has 5 nitrogen and oxygen atoms in total. The van der Waals surface area contributed by atoms with Crippen LogP contribution in [-0.2, 0) is 23.8 Å². The molecular formula is C18H18O5.